The number of alkyl carbamates (subject to hydrolysis) is 1. The molecule has 1 heterocycles. The second kappa shape index (κ2) is 11.0. The summed E-state index contributed by atoms with van der Waals surface area (Å²) in [6, 6.07) is 6.38. The molecule has 2 rings (SSSR count). The summed E-state index contributed by atoms with van der Waals surface area (Å²) in [6.45, 7) is 1.18. The van der Waals surface area contributed by atoms with Crippen LogP contribution in [0.5, 0.6) is 5.75 Å². The molecule has 1 N–H and O–H groups in total. The molecule has 158 valence electrons. The van der Waals surface area contributed by atoms with Crippen LogP contribution in [0.15, 0.2) is 24.3 Å². The first-order valence-electron chi connectivity index (χ1n) is 8.97. The Balaban J connectivity index is 1.80. The zero-order valence-corrected chi connectivity index (χ0v) is 16.3. The Kier molecular flexibility index (Phi) is 8.41. The molecular weight excluding hydrogens is 384 g/mol. The van der Waals surface area contributed by atoms with Gasteiger partial charge in [-0.3, -0.25) is 14.4 Å². The highest BCUT2D eigenvalue weighted by molar-refractivity contribution is 6.05. The molecule has 0 bridgehead atoms. The number of carbonyl (C=O) groups excluding carboxylic acids is 4. The number of nitrogens with zero attached hydrogens (tertiary/aromatic N) is 1. The molecule has 1 fully saturated rings. The van der Waals surface area contributed by atoms with E-state index in [1.165, 1.54) is 14.2 Å². The number of methoxy groups -OCH3 is 2. The van der Waals surface area contributed by atoms with Crippen LogP contribution in [0, 0.1) is 0 Å². The summed E-state index contributed by atoms with van der Waals surface area (Å²) < 4.78 is 20.2. The monoisotopic (exact) mass is 408 g/mol. The minimum Gasteiger partial charge on any atom is -0.491 e. The van der Waals surface area contributed by atoms with E-state index in [-0.39, 0.29) is 37.4 Å². The molecule has 0 aliphatic carbocycles. The Morgan fingerprint density at radius 3 is 2.52 bits per heavy atom. The summed E-state index contributed by atoms with van der Waals surface area (Å²) in [6.07, 6.45) is -1.31. The predicted octanol–water partition coefficient (Wildman–Crippen LogP) is 0.395. The second-order valence-electron chi connectivity index (χ2n) is 6.19. The molecule has 10 nitrogen and oxygen atoms in total. The Morgan fingerprint density at radius 2 is 1.86 bits per heavy atom. The van der Waals surface area contributed by atoms with Crippen LogP contribution in [0.2, 0.25) is 0 Å². The summed E-state index contributed by atoms with van der Waals surface area (Å²) in [7, 11) is 2.45. The van der Waals surface area contributed by atoms with Gasteiger partial charge in [0.05, 0.1) is 27.4 Å². The maximum atomic E-state index is 12.1. The Hall–Kier alpha value is -3.14. The van der Waals surface area contributed by atoms with E-state index in [0.29, 0.717) is 31.0 Å². The van der Waals surface area contributed by atoms with Gasteiger partial charge in [0.1, 0.15) is 31.4 Å². The fraction of sp³-hybridized carbons (Fsp3) is 0.474. The lowest BCUT2D eigenvalue weighted by atomic mass is 10.1. The third-order valence-corrected chi connectivity index (χ3v) is 4.21. The lowest BCUT2D eigenvalue weighted by Crippen LogP contribution is -2.50. The molecule has 1 aliphatic heterocycles. The summed E-state index contributed by atoms with van der Waals surface area (Å²) in [5.41, 5.74) is 0.381. The van der Waals surface area contributed by atoms with E-state index >= 15 is 0 Å². The van der Waals surface area contributed by atoms with Crippen molar-refractivity contribution in [2.24, 2.45) is 0 Å². The van der Waals surface area contributed by atoms with Gasteiger partial charge in [0.25, 0.3) is 0 Å². The number of amides is 2. The number of Topliss-reactive ketones (excluding diaryl/α,β-unsaturated/α-hetero) is 1. The van der Waals surface area contributed by atoms with Crippen LogP contribution in [0.3, 0.4) is 0 Å². The molecule has 0 aromatic heterocycles. The highest BCUT2D eigenvalue weighted by Gasteiger charge is 2.25. The van der Waals surface area contributed by atoms with Gasteiger partial charge in [-0.05, 0) is 24.3 Å². The van der Waals surface area contributed by atoms with Crippen molar-refractivity contribution in [3.05, 3.63) is 29.8 Å². The molecule has 1 aliphatic rings. The van der Waals surface area contributed by atoms with Gasteiger partial charge in [0.15, 0.2) is 5.78 Å². The topological polar surface area (TPSA) is 120 Å². The van der Waals surface area contributed by atoms with Crippen LogP contribution in [0.25, 0.3) is 0 Å². The molecular formula is C19H24N2O8. The number of esters is 1. The lowest BCUT2D eigenvalue weighted by molar-refractivity contribution is -0.140. The first-order valence-corrected chi connectivity index (χ1v) is 8.97. The van der Waals surface area contributed by atoms with Crippen molar-refractivity contribution in [2.45, 2.75) is 12.5 Å². The number of hydrogen-bond donors (Lipinski definition) is 1. The summed E-state index contributed by atoms with van der Waals surface area (Å²) >= 11 is 0. The van der Waals surface area contributed by atoms with Crippen molar-refractivity contribution in [2.75, 3.05) is 47.1 Å². The van der Waals surface area contributed by atoms with Gasteiger partial charge in [-0.15, -0.1) is 0 Å². The van der Waals surface area contributed by atoms with Gasteiger partial charge in [-0.2, -0.15) is 0 Å². The number of ether oxygens (including phenoxy) is 4. The smallest absolute Gasteiger partial charge is 0.407 e. The van der Waals surface area contributed by atoms with E-state index in [9.17, 15) is 19.2 Å². The summed E-state index contributed by atoms with van der Waals surface area (Å²) in [5, 5.41) is 2.35. The third kappa shape index (κ3) is 7.07. The van der Waals surface area contributed by atoms with Crippen LogP contribution in [0.4, 0.5) is 4.79 Å². The lowest BCUT2D eigenvalue weighted by Gasteiger charge is -2.32. The van der Waals surface area contributed by atoms with Crippen molar-refractivity contribution in [1.29, 1.82) is 0 Å². The average Bonchev–Trinajstić information content (AvgIpc) is 2.76. The summed E-state index contributed by atoms with van der Waals surface area (Å²) in [4.78, 5) is 47.9. The van der Waals surface area contributed by atoms with Crippen LogP contribution in [-0.4, -0.2) is 81.8 Å². The number of benzene rings is 1. The number of carbonyl (C=O) groups is 4. The fourth-order valence-corrected chi connectivity index (χ4v) is 2.61. The third-order valence-electron chi connectivity index (χ3n) is 4.21. The van der Waals surface area contributed by atoms with Crippen molar-refractivity contribution in [3.8, 4) is 5.75 Å². The zero-order chi connectivity index (χ0) is 21.2. The number of hydrogen-bond acceptors (Lipinski definition) is 8. The van der Waals surface area contributed by atoms with E-state index in [1.807, 2.05) is 0 Å². The van der Waals surface area contributed by atoms with E-state index in [2.05, 4.69) is 14.8 Å². The number of rotatable bonds is 8. The summed E-state index contributed by atoms with van der Waals surface area (Å²) in [5.74, 6) is -0.643. The van der Waals surface area contributed by atoms with Gasteiger partial charge in [0.2, 0.25) is 5.91 Å². The molecule has 1 aromatic rings. The van der Waals surface area contributed by atoms with Gasteiger partial charge in [-0.1, -0.05) is 0 Å². The van der Waals surface area contributed by atoms with Gasteiger partial charge in [0, 0.05) is 12.1 Å². The molecule has 10 heteroatoms. The number of nitrogens with one attached hydrogen (secondary N) is 1. The molecule has 1 atom stereocenters. The SMILES string of the molecule is COC(=O)CC(=O)c1ccc(OCC2CN(C(=O)CNC(=O)OC)CCO2)cc1. The van der Waals surface area contributed by atoms with Crippen LogP contribution < -0.4 is 10.1 Å². The first kappa shape index (κ1) is 22.2. The van der Waals surface area contributed by atoms with Crippen LogP contribution >= 0.6 is 0 Å². The van der Waals surface area contributed by atoms with E-state index in [0.717, 1.165) is 0 Å². The highest BCUT2D eigenvalue weighted by Crippen LogP contribution is 2.15. The van der Waals surface area contributed by atoms with Crippen molar-refractivity contribution < 1.29 is 38.1 Å². The standard InChI is InChI=1S/C19H24N2O8/c1-26-18(24)9-16(22)13-3-5-14(6-4-13)29-12-15-11-21(7-8-28-15)17(23)10-20-19(25)27-2/h3-6,15H,7-12H2,1-2H3,(H,20,25). The van der Waals surface area contributed by atoms with E-state index in [1.54, 1.807) is 29.2 Å². The quantitative estimate of drug-likeness (QED) is 0.373. The highest BCUT2D eigenvalue weighted by atomic mass is 16.5. The van der Waals surface area contributed by atoms with Gasteiger partial charge >= 0.3 is 12.1 Å². The Morgan fingerprint density at radius 1 is 1.14 bits per heavy atom. The largest absolute Gasteiger partial charge is 0.491 e. The number of ketones is 1. The minimum absolute atomic E-state index is 0.151. The molecule has 2 amide bonds. The van der Waals surface area contributed by atoms with Crippen molar-refractivity contribution in [1.82, 2.24) is 10.2 Å². The first-order chi connectivity index (χ1) is 13.9. The maximum absolute atomic E-state index is 12.1. The normalized spacial score (nSPS) is 15.9. The molecule has 1 saturated heterocycles. The fourth-order valence-electron chi connectivity index (χ4n) is 2.61. The molecule has 1 aromatic carbocycles. The van der Waals surface area contributed by atoms with Crippen molar-refractivity contribution in [3.63, 3.8) is 0 Å². The molecule has 1 unspecified atom stereocenters. The van der Waals surface area contributed by atoms with Gasteiger partial charge in [-0.25, -0.2) is 4.79 Å². The Labute approximate surface area is 168 Å². The maximum Gasteiger partial charge on any atom is 0.407 e. The minimum atomic E-state index is -0.667. The Bertz CT molecular complexity index is 734. The predicted molar refractivity (Wildman–Crippen MR) is 99.6 cm³/mol. The van der Waals surface area contributed by atoms with E-state index in [4.69, 9.17) is 9.47 Å². The second-order valence-corrected chi connectivity index (χ2v) is 6.19. The molecule has 29 heavy (non-hydrogen) atoms. The molecule has 0 saturated carbocycles. The number of morpholine rings is 1. The van der Waals surface area contributed by atoms with E-state index < -0.39 is 12.1 Å². The van der Waals surface area contributed by atoms with Crippen LogP contribution in [0.1, 0.15) is 16.8 Å². The van der Waals surface area contributed by atoms with Crippen molar-refractivity contribution >= 4 is 23.8 Å². The van der Waals surface area contributed by atoms with Crippen LogP contribution in [-0.2, 0) is 23.8 Å². The van der Waals surface area contributed by atoms with Gasteiger partial charge < -0.3 is 29.2 Å². The average molecular weight is 408 g/mol. The molecule has 0 spiro atoms. The molecule has 0 radical (unpaired) electrons. The zero-order valence-electron chi connectivity index (χ0n) is 16.3.